The first-order valence-corrected chi connectivity index (χ1v) is 6.97. The van der Waals surface area contributed by atoms with E-state index in [1.807, 2.05) is 16.0 Å². The molecular weight excluding hydrogens is 246 g/mol. The van der Waals surface area contributed by atoms with Crippen molar-refractivity contribution in [1.82, 2.24) is 4.98 Å². The Labute approximate surface area is 99.6 Å². The second kappa shape index (κ2) is 3.96. The van der Waals surface area contributed by atoms with E-state index >= 15 is 0 Å². The monoisotopic (exact) mass is 253 g/mol. The smallest absolute Gasteiger partial charge is 0.216 e. The standard InChI is InChI=1S/C9H7N3S3/c1-2-7(13-4-1)8-6-11-12(15-8)9-10-3-5-14-9/h1-6,8H. The Morgan fingerprint density at radius 3 is 3.00 bits per heavy atom. The van der Waals surface area contributed by atoms with E-state index in [1.165, 1.54) is 4.88 Å². The van der Waals surface area contributed by atoms with Crippen molar-refractivity contribution >= 4 is 46.0 Å². The van der Waals surface area contributed by atoms with E-state index in [0.29, 0.717) is 5.25 Å². The van der Waals surface area contributed by atoms with E-state index in [0.717, 1.165) is 5.13 Å². The zero-order valence-electron chi connectivity index (χ0n) is 7.61. The molecule has 2 aromatic heterocycles. The van der Waals surface area contributed by atoms with Gasteiger partial charge in [0.1, 0.15) is 0 Å². The molecule has 6 heteroatoms. The van der Waals surface area contributed by atoms with Crippen LogP contribution in [-0.2, 0) is 0 Å². The molecule has 15 heavy (non-hydrogen) atoms. The molecule has 0 amide bonds. The SMILES string of the molecule is C1=NN(c2nccs2)SC1c1cccs1. The number of hydrazone groups is 1. The average Bonchev–Trinajstić information content (AvgIpc) is 3.02. The fourth-order valence-electron chi connectivity index (χ4n) is 1.27. The molecule has 1 unspecified atom stereocenters. The van der Waals surface area contributed by atoms with Gasteiger partial charge in [-0.3, -0.25) is 0 Å². The molecule has 0 radical (unpaired) electrons. The van der Waals surface area contributed by atoms with Gasteiger partial charge in [0.2, 0.25) is 5.13 Å². The van der Waals surface area contributed by atoms with Gasteiger partial charge in [0.15, 0.2) is 0 Å². The summed E-state index contributed by atoms with van der Waals surface area (Å²) in [6.45, 7) is 0. The van der Waals surface area contributed by atoms with Crippen LogP contribution in [0.4, 0.5) is 5.13 Å². The fourth-order valence-corrected chi connectivity index (χ4v) is 3.74. The topological polar surface area (TPSA) is 28.5 Å². The second-order valence-electron chi connectivity index (χ2n) is 2.89. The fraction of sp³-hybridized carbons (Fsp3) is 0.111. The lowest BCUT2D eigenvalue weighted by atomic mass is 10.4. The number of anilines is 1. The van der Waals surface area contributed by atoms with Gasteiger partial charge in [-0.1, -0.05) is 6.07 Å². The van der Waals surface area contributed by atoms with Crippen molar-refractivity contribution in [2.24, 2.45) is 5.10 Å². The van der Waals surface area contributed by atoms with Gasteiger partial charge in [0, 0.05) is 22.7 Å². The van der Waals surface area contributed by atoms with E-state index in [9.17, 15) is 0 Å². The van der Waals surface area contributed by atoms with Crippen LogP contribution in [0, 0.1) is 0 Å². The van der Waals surface area contributed by atoms with Crippen molar-refractivity contribution in [3.05, 3.63) is 34.0 Å². The lowest BCUT2D eigenvalue weighted by Gasteiger charge is -2.09. The number of thiazole rings is 1. The van der Waals surface area contributed by atoms with Gasteiger partial charge in [-0.15, -0.1) is 22.7 Å². The van der Waals surface area contributed by atoms with Gasteiger partial charge in [0.05, 0.1) is 5.25 Å². The molecule has 0 bridgehead atoms. The highest BCUT2D eigenvalue weighted by Crippen LogP contribution is 2.40. The van der Waals surface area contributed by atoms with Crippen LogP contribution in [0.2, 0.25) is 0 Å². The number of aromatic nitrogens is 1. The van der Waals surface area contributed by atoms with E-state index in [2.05, 4.69) is 27.6 Å². The zero-order valence-corrected chi connectivity index (χ0v) is 10.1. The predicted molar refractivity (Wildman–Crippen MR) is 67.7 cm³/mol. The number of hydrogen-bond acceptors (Lipinski definition) is 6. The summed E-state index contributed by atoms with van der Waals surface area (Å²) in [6.07, 6.45) is 3.77. The molecular formula is C9H7N3S3. The Morgan fingerprint density at radius 1 is 1.27 bits per heavy atom. The molecule has 0 spiro atoms. The first kappa shape index (κ1) is 9.38. The van der Waals surface area contributed by atoms with Gasteiger partial charge < -0.3 is 0 Å². The third kappa shape index (κ3) is 1.80. The third-order valence-electron chi connectivity index (χ3n) is 1.93. The molecule has 76 valence electrons. The molecule has 1 aliphatic rings. The molecule has 0 N–H and O–H groups in total. The van der Waals surface area contributed by atoms with E-state index in [-0.39, 0.29) is 0 Å². The Balaban J connectivity index is 1.78. The largest absolute Gasteiger partial charge is 0.226 e. The van der Waals surface area contributed by atoms with Crippen LogP contribution in [0.25, 0.3) is 0 Å². The van der Waals surface area contributed by atoms with Gasteiger partial charge in [-0.25, -0.2) is 4.98 Å². The maximum absolute atomic E-state index is 4.34. The molecule has 0 aromatic carbocycles. The summed E-state index contributed by atoms with van der Waals surface area (Å²) in [6, 6.07) is 4.21. The zero-order chi connectivity index (χ0) is 10.1. The first-order valence-electron chi connectivity index (χ1n) is 4.37. The van der Waals surface area contributed by atoms with Crippen LogP contribution in [0.3, 0.4) is 0 Å². The van der Waals surface area contributed by atoms with Crippen LogP contribution in [-0.4, -0.2) is 11.2 Å². The minimum Gasteiger partial charge on any atom is -0.226 e. The second-order valence-corrected chi connectivity index (χ2v) is 5.81. The maximum Gasteiger partial charge on any atom is 0.216 e. The highest BCUT2D eigenvalue weighted by atomic mass is 32.2. The molecule has 1 atom stereocenters. The Morgan fingerprint density at radius 2 is 2.27 bits per heavy atom. The summed E-state index contributed by atoms with van der Waals surface area (Å²) in [4.78, 5) is 5.56. The quantitative estimate of drug-likeness (QED) is 0.768. The number of nitrogens with zero attached hydrogens (tertiary/aromatic N) is 3. The van der Waals surface area contributed by atoms with E-state index in [1.54, 1.807) is 40.8 Å². The van der Waals surface area contributed by atoms with Gasteiger partial charge in [-0.05, 0) is 23.4 Å². The molecule has 0 saturated carbocycles. The summed E-state index contributed by atoms with van der Waals surface area (Å²) in [5.41, 5.74) is 0. The number of rotatable bonds is 2. The third-order valence-corrected chi connectivity index (χ3v) is 4.96. The lowest BCUT2D eigenvalue weighted by Crippen LogP contribution is -2.00. The number of hydrogen-bond donors (Lipinski definition) is 0. The van der Waals surface area contributed by atoms with Crippen molar-refractivity contribution in [3.8, 4) is 0 Å². The van der Waals surface area contributed by atoms with Crippen molar-refractivity contribution < 1.29 is 0 Å². The van der Waals surface area contributed by atoms with Crippen LogP contribution >= 0.6 is 34.6 Å². The normalized spacial score (nSPS) is 20.0. The Bertz CT molecular complexity index is 407. The molecule has 2 aromatic rings. The maximum atomic E-state index is 4.34. The van der Waals surface area contributed by atoms with Crippen LogP contribution < -0.4 is 4.41 Å². The summed E-state index contributed by atoms with van der Waals surface area (Å²) in [5, 5.41) is 9.68. The molecule has 0 saturated heterocycles. The first-order chi connectivity index (χ1) is 7.43. The minimum atomic E-state index is 0.342. The number of thiophene rings is 1. The molecule has 3 heterocycles. The van der Waals surface area contributed by atoms with Gasteiger partial charge in [0.25, 0.3) is 0 Å². The lowest BCUT2D eigenvalue weighted by molar-refractivity contribution is 1.19. The molecule has 3 nitrogen and oxygen atoms in total. The van der Waals surface area contributed by atoms with Gasteiger partial charge >= 0.3 is 0 Å². The molecule has 0 aliphatic carbocycles. The van der Waals surface area contributed by atoms with Crippen molar-refractivity contribution in [1.29, 1.82) is 0 Å². The Kier molecular flexibility index (Phi) is 2.47. The van der Waals surface area contributed by atoms with Crippen LogP contribution in [0.5, 0.6) is 0 Å². The van der Waals surface area contributed by atoms with E-state index < -0.39 is 0 Å². The average molecular weight is 253 g/mol. The predicted octanol–water partition coefficient (Wildman–Crippen LogP) is 3.40. The highest BCUT2D eigenvalue weighted by Gasteiger charge is 2.23. The summed E-state index contributed by atoms with van der Waals surface area (Å²) in [5.74, 6) is 0. The van der Waals surface area contributed by atoms with Gasteiger partial charge in [-0.2, -0.15) is 9.52 Å². The van der Waals surface area contributed by atoms with Crippen molar-refractivity contribution in [2.75, 3.05) is 4.41 Å². The summed E-state index contributed by atoms with van der Waals surface area (Å²) in [7, 11) is 0. The molecule has 3 rings (SSSR count). The molecule has 0 fully saturated rings. The Hall–Kier alpha value is -0.850. The highest BCUT2D eigenvalue weighted by molar-refractivity contribution is 8.02. The van der Waals surface area contributed by atoms with Crippen molar-refractivity contribution in [2.45, 2.75) is 5.25 Å². The van der Waals surface area contributed by atoms with Crippen LogP contribution in [0.1, 0.15) is 10.1 Å². The van der Waals surface area contributed by atoms with Crippen molar-refractivity contribution in [3.63, 3.8) is 0 Å². The molecule has 1 aliphatic heterocycles. The minimum absolute atomic E-state index is 0.342. The summed E-state index contributed by atoms with van der Waals surface area (Å²) >= 11 is 5.06. The summed E-state index contributed by atoms with van der Waals surface area (Å²) < 4.78 is 1.88. The van der Waals surface area contributed by atoms with Crippen LogP contribution in [0.15, 0.2) is 34.2 Å². The van der Waals surface area contributed by atoms with E-state index in [4.69, 9.17) is 0 Å².